The van der Waals surface area contributed by atoms with Gasteiger partial charge in [-0.05, 0) is 26.7 Å². The van der Waals surface area contributed by atoms with Crippen LogP contribution in [0.25, 0.3) is 0 Å². The van der Waals surface area contributed by atoms with Crippen molar-refractivity contribution in [1.29, 1.82) is 0 Å². The van der Waals surface area contributed by atoms with Crippen LogP contribution < -0.4 is 0 Å². The number of aromatic nitrogens is 1. The Morgan fingerprint density at radius 1 is 1.57 bits per heavy atom. The first-order valence-electron chi connectivity index (χ1n) is 6.78. The molecule has 7 heteroatoms. The quantitative estimate of drug-likeness (QED) is 0.673. The van der Waals surface area contributed by atoms with Gasteiger partial charge in [-0.3, -0.25) is 19.9 Å². The molecule has 1 aromatic rings. The molecule has 114 valence electrons. The lowest BCUT2D eigenvalue weighted by atomic mass is 9.77. The van der Waals surface area contributed by atoms with E-state index in [1.807, 2.05) is 0 Å². The zero-order chi connectivity index (χ0) is 15.6. The van der Waals surface area contributed by atoms with Gasteiger partial charge < -0.3 is 9.84 Å². The van der Waals surface area contributed by atoms with Gasteiger partial charge in [0.1, 0.15) is 0 Å². The first kappa shape index (κ1) is 15.4. The zero-order valence-corrected chi connectivity index (χ0v) is 12.1. The standard InChI is InChI=1S/C14H18N2O5/c1-9-7-15-11(10(2)12(9)16(19)20)6-14(13(17)18)4-3-5-21-8-14/h7H,3-6,8H2,1-2H3,(H,17,18). The Kier molecular flexibility index (Phi) is 4.22. The summed E-state index contributed by atoms with van der Waals surface area (Å²) < 4.78 is 5.32. The van der Waals surface area contributed by atoms with Gasteiger partial charge in [0.2, 0.25) is 0 Å². The van der Waals surface area contributed by atoms with Crippen LogP contribution in [0, 0.1) is 29.4 Å². The molecule has 0 saturated carbocycles. The molecule has 2 heterocycles. The van der Waals surface area contributed by atoms with Crippen LogP contribution in [0.2, 0.25) is 0 Å². The molecule has 1 N–H and O–H groups in total. The Hall–Kier alpha value is -2.02. The summed E-state index contributed by atoms with van der Waals surface area (Å²) in [6.07, 6.45) is 2.74. The lowest BCUT2D eigenvalue weighted by Crippen LogP contribution is -2.41. The number of rotatable bonds is 4. The van der Waals surface area contributed by atoms with E-state index < -0.39 is 16.3 Å². The highest BCUT2D eigenvalue weighted by Crippen LogP contribution is 2.35. The van der Waals surface area contributed by atoms with Gasteiger partial charge in [0.05, 0.1) is 22.6 Å². The lowest BCUT2D eigenvalue weighted by molar-refractivity contribution is -0.386. The highest BCUT2D eigenvalue weighted by molar-refractivity contribution is 5.75. The number of aliphatic carboxylic acids is 1. The van der Waals surface area contributed by atoms with Crippen molar-refractivity contribution in [1.82, 2.24) is 4.98 Å². The normalized spacial score (nSPS) is 22.0. The van der Waals surface area contributed by atoms with E-state index in [4.69, 9.17) is 4.74 Å². The predicted molar refractivity (Wildman–Crippen MR) is 74.2 cm³/mol. The molecule has 1 unspecified atom stereocenters. The van der Waals surface area contributed by atoms with E-state index >= 15 is 0 Å². The third kappa shape index (κ3) is 2.87. The van der Waals surface area contributed by atoms with Gasteiger partial charge in [-0.2, -0.15) is 0 Å². The Morgan fingerprint density at radius 2 is 2.29 bits per heavy atom. The number of carboxylic acids is 1. The van der Waals surface area contributed by atoms with Gasteiger partial charge in [-0.1, -0.05) is 0 Å². The molecule has 0 spiro atoms. The van der Waals surface area contributed by atoms with Crippen molar-refractivity contribution in [2.24, 2.45) is 5.41 Å². The number of pyridine rings is 1. The fourth-order valence-corrected chi connectivity index (χ4v) is 2.78. The van der Waals surface area contributed by atoms with Crippen molar-refractivity contribution in [3.05, 3.63) is 33.1 Å². The first-order chi connectivity index (χ1) is 9.87. The van der Waals surface area contributed by atoms with Crippen LogP contribution in [0.4, 0.5) is 5.69 Å². The summed E-state index contributed by atoms with van der Waals surface area (Å²) in [4.78, 5) is 26.5. The van der Waals surface area contributed by atoms with Crippen molar-refractivity contribution in [2.45, 2.75) is 33.1 Å². The summed E-state index contributed by atoms with van der Waals surface area (Å²) in [6, 6.07) is 0. The van der Waals surface area contributed by atoms with Crippen molar-refractivity contribution in [3.63, 3.8) is 0 Å². The van der Waals surface area contributed by atoms with E-state index in [0.29, 0.717) is 36.3 Å². The average molecular weight is 294 g/mol. The Balaban J connectivity index is 2.40. The minimum atomic E-state index is -1.04. The lowest BCUT2D eigenvalue weighted by Gasteiger charge is -2.33. The fraction of sp³-hybridized carbons (Fsp3) is 0.571. The first-order valence-corrected chi connectivity index (χ1v) is 6.78. The second kappa shape index (κ2) is 5.77. The van der Waals surface area contributed by atoms with Gasteiger partial charge in [-0.25, -0.2) is 0 Å². The summed E-state index contributed by atoms with van der Waals surface area (Å²) in [5.41, 5.74) is 0.341. The summed E-state index contributed by atoms with van der Waals surface area (Å²) in [6.45, 7) is 3.91. The van der Waals surface area contributed by atoms with Crippen LogP contribution in [0.1, 0.15) is 29.7 Å². The van der Waals surface area contributed by atoms with E-state index in [-0.39, 0.29) is 18.7 Å². The van der Waals surface area contributed by atoms with Crippen molar-refractivity contribution in [2.75, 3.05) is 13.2 Å². The summed E-state index contributed by atoms with van der Waals surface area (Å²) in [5, 5.41) is 20.7. The number of ether oxygens (including phenoxy) is 1. The van der Waals surface area contributed by atoms with E-state index in [9.17, 15) is 20.0 Å². The number of carboxylic acid groups (broad SMARTS) is 1. The molecule has 1 aliphatic heterocycles. The smallest absolute Gasteiger partial charge is 0.312 e. The van der Waals surface area contributed by atoms with Crippen LogP contribution in [0.3, 0.4) is 0 Å². The molecule has 1 fully saturated rings. The Labute approximate surface area is 122 Å². The second-order valence-electron chi connectivity index (χ2n) is 5.54. The Bertz CT molecular complexity index is 579. The topological polar surface area (TPSA) is 103 Å². The summed E-state index contributed by atoms with van der Waals surface area (Å²) in [5.74, 6) is -0.938. The third-order valence-corrected chi connectivity index (χ3v) is 4.04. The van der Waals surface area contributed by atoms with E-state index in [0.717, 1.165) is 0 Å². The van der Waals surface area contributed by atoms with Crippen LogP contribution in [0.5, 0.6) is 0 Å². The molecule has 1 aromatic heterocycles. The predicted octanol–water partition coefficient (Wildman–Crippen LogP) is 2.03. The van der Waals surface area contributed by atoms with Crippen molar-refractivity contribution >= 4 is 11.7 Å². The monoisotopic (exact) mass is 294 g/mol. The van der Waals surface area contributed by atoms with Gasteiger partial charge in [0.25, 0.3) is 5.69 Å². The zero-order valence-electron chi connectivity index (χ0n) is 12.1. The number of aryl methyl sites for hydroxylation is 1. The van der Waals surface area contributed by atoms with Crippen LogP contribution in [-0.4, -0.2) is 34.2 Å². The second-order valence-corrected chi connectivity index (χ2v) is 5.54. The number of hydrogen-bond donors (Lipinski definition) is 1. The van der Waals surface area contributed by atoms with Gasteiger partial charge in [0, 0.05) is 30.4 Å². The molecule has 21 heavy (non-hydrogen) atoms. The van der Waals surface area contributed by atoms with E-state index in [1.54, 1.807) is 13.8 Å². The maximum Gasteiger partial charge on any atom is 0.312 e. The number of carbonyl (C=O) groups is 1. The molecule has 0 aliphatic carbocycles. The van der Waals surface area contributed by atoms with Gasteiger partial charge in [-0.15, -0.1) is 0 Å². The van der Waals surface area contributed by atoms with Gasteiger partial charge in [0.15, 0.2) is 0 Å². The molecule has 7 nitrogen and oxygen atoms in total. The number of nitrogens with zero attached hydrogens (tertiary/aromatic N) is 2. The summed E-state index contributed by atoms with van der Waals surface area (Å²) >= 11 is 0. The average Bonchev–Trinajstić information content (AvgIpc) is 2.43. The molecule has 1 atom stereocenters. The van der Waals surface area contributed by atoms with Crippen LogP contribution >= 0.6 is 0 Å². The highest BCUT2D eigenvalue weighted by atomic mass is 16.6. The van der Waals surface area contributed by atoms with Crippen LogP contribution in [0.15, 0.2) is 6.20 Å². The van der Waals surface area contributed by atoms with Gasteiger partial charge >= 0.3 is 5.97 Å². The van der Waals surface area contributed by atoms with Crippen LogP contribution in [-0.2, 0) is 16.0 Å². The molecule has 2 rings (SSSR count). The maximum absolute atomic E-state index is 11.6. The number of nitro groups is 1. The molecule has 0 bridgehead atoms. The highest BCUT2D eigenvalue weighted by Gasteiger charge is 2.42. The largest absolute Gasteiger partial charge is 0.481 e. The minimum absolute atomic E-state index is 0.0114. The molecule has 1 aliphatic rings. The SMILES string of the molecule is Cc1cnc(CC2(C(=O)O)CCCOC2)c(C)c1[N+](=O)[O-]. The van der Waals surface area contributed by atoms with E-state index in [2.05, 4.69) is 4.98 Å². The maximum atomic E-state index is 11.6. The van der Waals surface area contributed by atoms with E-state index in [1.165, 1.54) is 6.20 Å². The molecular formula is C14H18N2O5. The molecule has 0 aromatic carbocycles. The van der Waals surface area contributed by atoms with Crippen molar-refractivity contribution in [3.8, 4) is 0 Å². The molecule has 0 radical (unpaired) electrons. The molecule has 0 amide bonds. The molecule has 1 saturated heterocycles. The Morgan fingerprint density at radius 3 is 2.81 bits per heavy atom. The van der Waals surface area contributed by atoms with Crippen molar-refractivity contribution < 1.29 is 19.6 Å². The summed E-state index contributed by atoms with van der Waals surface area (Å²) in [7, 11) is 0. The molecular weight excluding hydrogens is 276 g/mol. The fourth-order valence-electron chi connectivity index (χ4n) is 2.78. The third-order valence-electron chi connectivity index (χ3n) is 4.04. The number of hydrogen-bond acceptors (Lipinski definition) is 5. The minimum Gasteiger partial charge on any atom is -0.481 e.